The van der Waals surface area contributed by atoms with Crippen LogP contribution in [-0.2, 0) is 10.8 Å². The molecule has 0 radical (unpaired) electrons. The number of methoxy groups -OCH3 is 2. The van der Waals surface area contributed by atoms with Gasteiger partial charge in [0, 0.05) is 23.4 Å². The van der Waals surface area contributed by atoms with E-state index < -0.39 is 0 Å². The Bertz CT molecular complexity index is 864. The highest BCUT2D eigenvalue weighted by molar-refractivity contribution is 7.94. The van der Waals surface area contributed by atoms with Gasteiger partial charge in [-0.15, -0.1) is 0 Å². The summed E-state index contributed by atoms with van der Waals surface area (Å²) in [4.78, 5) is 12.1. The van der Waals surface area contributed by atoms with E-state index in [0.29, 0.717) is 11.8 Å². The molecule has 0 fully saturated rings. The number of fused-ring (bicyclic) bond motifs is 1. The largest absolute Gasteiger partial charge is 0.497 e. The van der Waals surface area contributed by atoms with Gasteiger partial charge in [0.15, 0.2) is 5.16 Å². The molecule has 0 spiro atoms. The summed E-state index contributed by atoms with van der Waals surface area (Å²) in [5.74, 6) is 1.63. The first-order valence-electron chi connectivity index (χ1n) is 7.44. The summed E-state index contributed by atoms with van der Waals surface area (Å²) < 4.78 is 16.3. The maximum atomic E-state index is 5.69. The summed E-state index contributed by atoms with van der Waals surface area (Å²) in [5.41, 5.74) is 4.63. The van der Waals surface area contributed by atoms with Crippen LogP contribution < -0.4 is 9.47 Å². The normalized spacial score (nSPS) is 11.0. The molecule has 0 aliphatic carbocycles. The Labute approximate surface area is 144 Å². The minimum atomic E-state index is 0.369. The predicted molar refractivity (Wildman–Crippen MR) is 93.6 cm³/mol. The molecule has 0 atom stereocenters. The lowest BCUT2D eigenvalue weighted by atomic mass is 10.1. The Morgan fingerprint density at radius 1 is 1.17 bits per heavy atom. The zero-order chi connectivity index (χ0) is 17.1. The van der Waals surface area contributed by atoms with Crippen LogP contribution in [0, 0.1) is 13.8 Å². The molecule has 0 unspecified atom stereocenters. The van der Waals surface area contributed by atoms with E-state index in [9.17, 15) is 0 Å². The van der Waals surface area contributed by atoms with Crippen molar-refractivity contribution >= 4 is 23.1 Å². The molecule has 3 aromatic rings. The van der Waals surface area contributed by atoms with E-state index in [2.05, 4.69) is 15.0 Å². The Morgan fingerprint density at radius 2 is 2.00 bits per heavy atom. The highest BCUT2D eigenvalue weighted by Crippen LogP contribution is 2.27. The smallest absolute Gasteiger partial charge is 0.194 e. The SMILES string of the molecule is COc1ccc2[nH]c(SOCc3ncc(C)c(OC)c3C)nc2c1. The Hall–Kier alpha value is -2.25. The summed E-state index contributed by atoms with van der Waals surface area (Å²) in [6.07, 6.45) is 1.79. The van der Waals surface area contributed by atoms with Gasteiger partial charge in [0.05, 0.1) is 43.0 Å². The standard InChI is InChI=1S/C17H19N3O3S/c1-10-8-18-15(11(2)16(10)22-4)9-23-24-17-19-13-6-5-12(21-3)7-14(13)20-17/h5-8H,9H2,1-4H3,(H,19,20). The van der Waals surface area contributed by atoms with Gasteiger partial charge < -0.3 is 18.6 Å². The predicted octanol–water partition coefficient (Wildman–Crippen LogP) is 3.82. The monoisotopic (exact) mass is 345 g/mol. The van der Waals surface area contributed by atoms with Gasteiger partial charge in [-0.3, -0.25) is 4.98 Å². The van der Waals surface area contributed by atoms with Crippen LogP contribution in [0.25, 0.3) is 11.0 Å². The number of hydrogen-bond donors (Lipinski definition) is 1. The fourth-order valence-corrected chi connectivity index (χ4v) is 3.06. The summed E-state index contributed by atoms with van der Waals surface area (Å²) in [7, 11) is 3.30. The quantitative estimate of drug-likeness (QED) is 0.685. The van der Waals surface area contributed by atoms with E-state index >= 15 is 0 Å². The molecule has 1 N–H and O–H groups in total. The van der Waals surface area contributed by atoms with Crippen LogP contribution in [0.15, 0.2) is 29.6 Å². The third kappa shape index (κ3) is 3.32. The molecule has 0 aliphatic rings. The van der Waals surface area contributed by atoms with Crippen molar-refractivity contribution in [3.8, 4) is 11.5 Å². The second-order valence-electron chi connectivity index (χ2n) is 5.32. The minimum absolute atomic E-state index is 0.369. The molecule has 3 rings (SSSR count). The van der Waals surface area contributed by atoms with Crippen LogP contribution in [0.1, 0.15) is 16.8 Å². The number of imidazole rings is 1. The second kappa shape index (κ2) is 7.11. The van der Waals surface area contributed by atoms with E-state index in [1.54, 1.807) is 20.4 Å². The first-order chi connectivity index (χ1) is 11.6. The van der Waals surface area contributed by atoms with Gasteiger partial charge >= 0.3 is 0 Å². The van der Waals surface area contributed by atoms with Gasteiger partial charge in [0.1, 0.15) is 18.1 Å². The number of aromatic nitrogens is 3. The molecule has 2 aromatic heterocycles. The third-order valence-electron chi connectivity index (χ3n) is 3.75. The van der Waals surface area contributed by atoms with Crippen LogP contribution in [0.2, 0.25) is 0 Å². The van der Waals surface area contributed by atoms with Gasteiger partial charge in [0.25, 0.3) is 0 Å². The molecule has 0 saturated carbocycles. The number of ether oxygens (including phenoxy) is 2. The lowest BCUT2D eigenvalue weighted by molar-refractivity contribution is 0.350. The molecule has 0 aliphatic heterocycles. The summed E-state index contributed by atoms with van der Waals surface area (Å²) in [6, 6.07) is 5.70. The maximum absolute atomic E-state index is 5.69. The van der Waals surface area contributed by atoms with Crippen molar-refractivity contribution in [2.75, 3.05) is 14.2 Å². The van der Waals surface area contributed by atoms with E-state index in [-0.39, 0.29) is 0 Å². The van der Waals surface area contributed by atoms with Crippen LogP contribution in [-0.4, -0.2) is 29.2 Å². The van der Waals surface area contributed by atoms with Crippen LogP contribution in [0.4, 0.5) is 0 Å². The first kappa shape index (κ1) is 16.6. The van der Waals surface area contributed by atoms with E-state index in [1.165, 1.54) is 12.0 Å². The van der Waals surface area contributed by atoms with Crippen molar-refractivity contribution in [1.29, 1.82) is 0 Å². The van der Waals surface area contributed by atoms with Crippen LogP contribution in [0.3, 0.4) is 0 Å². The third-order valence-corrected chi connectivity index (χ3v) is 4.34. The van der Waals surface area contributed by atoms with Gasteiger partial charge in [-0.05, 0) is 26.0 Å². The number of rotatable bonds is 6. The molecule has 7 heteroatoms. The number of aryl methyl sites for hydroxylation is 1. The maximum Gasteiger partial charge on any atom is 0.194 e. The number of nitrogens with one attached hydrogen (secondary N) is 1. The number of hydrogen-bond acceptors (Lipinski definition) is 6. The van der Waals surface area contributed by atoms with Gasteiger partial charge in [0.2, 0.25) is 0 Å². The molecule has 6 nitrogen and oxygen atoms in total. The average Bonchev–Trinajstić information content (AvgIpc) is 2.99. The van der Waals surface area contributed by atoms with Crippen LogP contribution >= 0.6 is 12.0 Å². The second-order valence-corrected chi connectivity index (χ2v) is 6.11. The fourth-order valence-electron chi connectivity index (χ4n) is 2.49. The Kier molecular flexibility index (Phi) is 4.92. The van der Waals surface area contributed by atoms with E-state index in [1.807, 2.05) is 32.0 Å². The van der Waals surface area contributed by atoms with Gasteiger partial charge in [-0.1, -0.05) is 0 Å². The van der Waals surface area contributed by atoms with Crippen molar-refractivity contribution in [3.05, 3.63) is 41.2 Å². The summed E-state index contributed by atoms with van der Waals surface area (Å²) in [6.45, 7) is 4.32. The van der Waals surface area contributed by atoms with Crippen molar-refractivity contribution < 1.29 is 13.7 Å². The lowest BCUT2D eigenvalue weighted by Crippen LogP contribution is -2.00. The number of H-pyrrole nitrogens is 1. The molecule has 2 heterocycles. The first-order valence-corrected chi connectivity index (χ1v) is 8.19. The van der Waals surface area contributed by atoms with Crippen molar-refractivity contribution in [2.45, 2.75) is 25.6 Å². The minimum Gasteiger partial charge on any atom is -0.497 e. The highest BCUT2D eigenvalue weighted by atomic mass is 32.2. The molecule has 0 bridgehead atoms. The van der Waals surface area contributed by atoms with Crippen molar-refractivity contribution in [3.63, 3.8) is 0 Å². The topological polar surface area (TPSA) is 69.3 Å². The highest BCUT2D eigenvalue weighted by Gasteiger charge is 2.11. The molecule has 1 aromatic carbocycles. The number of pyridine rings is 1. The molecular weight excluding hydrogens is 326 g/mol. The Balaban J connectivity index is 1.68. The summed E-state index contributed by atoms with van der Waals surface area (Å²) in [5, 5.41) is 0.690. The van der Waals surface area contributed by atoms with Crippen LogP contribution in [0.5, 0.6) is 11.5 Å². The average molecular weight is 345 g/mol. The number of nitrogens with zero attached hydrogens (tertiary/aromatic N) is 2. The molecule has 126 valence electrons. The zero-order valence-corrected chi connectivity index (χ0v) is 14.9. The van der Waals surface area contributed by atoms with Crippen molar-refractivity contribution in [2.24, 2.45) is 0 Å². The molecule has 0 amide bonds. The zero-order valence-electron chi connectivity index (χ0n) is 14.0. The van der Waals surface area contributed by atoms with Gasteiger partial charge in [-0.2, -0.15) is 0 Å². The lowest BCUT2D eigenvalue weighted by Gasteiger charge is -2.11. The van der Waals surface area contributed by atoms with E-state index in [0.717, 1.165) is 39.4 Å². The summed E-state index contributed by atoms with van der Waals surface area (Å²) >= 11 is 1.19. The van der Waals surface area contributed by atoms with Gasteiger partial charge in [-0.25, -0.2) is 4.98 Å². The Morgan fingerprint density at radius 3 is 2.75 bits per heavy atom. The molecular formula is C17H19N3O3S. The van der Waals surface area contributed by atoms with E-state index in [4.69, 9.17) is 13.7 Å². The fraction of sp³-hybridized carbons (Fsp3) is 0.294. The molecule has 0 saturated heterocycles. The number of aromatic amines is 1. The number of benzene rings is 1. The molecule has 24 heavy (non-hydrogen) atoms. The van der Waals surface area contributed by atoms with Crippen molar-refractivity contribution in [1.82, 2.24) is 15.0 Å².